The van der Waals surface area contributed by atoms with E-state index in [1.807, 2.05) is 0 Å². The lowest BCUT2D eigenvalue weighted by Crippen LogP contribution is -2.29. The fourth-order valence-corrected chi connectivity index (χ4v) is 3.21. The molecule has 3 heterocycles. The maximum absolute atomic E-state index is 12.9. The number of hydrogen-bond donors (Lipinski definition) is 1. The van der Waals surface area contributed by atoms with Gasteiger partial charge >= 0.3 is 12.2 Å². The van der Waals surface area contributed by atoms with Gasteiger partial charge in [-0.15, -0.1) is 5.10 Å². The second kappa shape index (κ2) is 6.87. The third-order valence-electron chi connectivity index (χ3n) is 4.60. The van der Waals surface area contributed by atoms with Crippen LogP contribution < -0.4 is 10.1 Å². The Hall–Kier alpha value is -3.44. The molecule has 1 aliphatic carbocycles. The molecule has 1 amide bonds. The van der Waals surface area contributed by atoms with E-state index in [9.17, 15) is 18.0 Å². The predicted molar refractivity (Wildman–Crippen MR) is 92.4 cm³/mol. The molecule has 1 aliphatic rings. The maximum atomic E-state index is 12.9. The molecule has 0 bridgehead atoms. The average Bonchev–Trinajstić information content (AvgIpc) is 3.36. The molecule has 1 atom stereocenters. The number of halogens is 3. The Labute approximate surface area is 162 Å². The second-order valence-electron chi connectivity index (χ2n) is 6.48. The van der Waals surface area contributed by atoms with Gasteiger partial charge in [-0.25, -0.2) is 9.36 Å². The Kier molecular flexibility index (Phi) is 4.47. The summed E-state index contributed by atoms with van der Waals surface area (Å²) in [5, 5.41) is 11.2. The summed E-state index contributed by atoms with van der Waals surface area (Å²) < 4.78 is 46.3. The van der Waals surface area contributed by atoms with Crippen molar-refractivity contribution in [3.05, 3.63) is 47.3 Å². The van der Waals surface area contributed by atoms with Gasteiger partial charge in [-0.1, -0.05) is 0 Å². The number of carbonyl (C=O) groups is 1. The molecule has 1 N–H and O–H groups in total. The normalized spacial score (nSPS) is 16.0. The molecular formula is C17H16F3N7O2. The topological polar surface area (TPSA) is 99.7 Å². The number of alkyl halides is 3. The highest BCUT2D eigenvalue weighted by molar-refractivity contribution is 5.91. The van der Waals surface area contributed by atoms with Gasteiger partial charge in [0.05, 0.1) is 24.5 Å². The monoisotopic (exact) mass is 407 g/mol. The Bertz CT molecular complexity index is 1070. The fourth-order valence-electron chi connectivity index (χ4n) is 3.21. The highest BCUT2D eigenvalue weighted by atomic mass is 19.4. The quantitative estimate of drug-likeness (QED) is 0.709. The molecule has 0 saturated carbocycles. The van der Waals surface area contributed by atoms with Crippen molar-refractivity contribution in [1.82, 2.24) is 34.8 Å². The molecule has 0 aliphatic heterocycles. The zero-order valence-corrected chi connectivity index (χ0v) is 15.4. The van der Waals surface area contributed by atoms with E-state index in [0.717, 1.165) is 23.5 Å². The first kappa shape index (κ1) is 18.9. The van der Waals surface area contributed by atoms with Crippen LogP contribution in [-0.4, -0.2) is 42.5 Å². The van der Waals surface area contributed by atoms with Crippen molar-refractivity contribution in [3.8, 4) is 11.7 Å². The number of fused-ring (bicyclic) bond motifs is 1. The Morgan fingerprint density at radius 3 is 2.83 bits per heavy atom. The van der Waals surface area contributed by atoms with E-state index >= 15 is 0 Å². The largest absolute Gasteiger partial charge is 0.466 e. The molecule has 29 heavy (non-hydrogen) atoms. The number of ether oxygens (including phenoxy) is 1. The van der Waals surface area contributed by atoms with E-state index in [0.29, 0.717) is 12.8 Å². The molecule has 0 fully saturated rings. The molecular weight excluding hydrogens is 391 g/mol. The lowest BCUT2D eigenvalue weighted by molar-refractivity contribution is -0.141. The zero-order chi connectivity index (χ0) is 20.8. The highest BCUT2D eigenvalue weighted by Gasteiger charge is 2.33. The van der Waals surface area contributed by atoms with Gasteiger partial charge in [-0.2, -0.15) is 23.3 Å². The third-order valence-corrected chi connectivity index (χ3v) is 4.60. The summed E-state index contributed by atoms with van der Waals surface area (Å²) in [5.41, 5.74) is 0.714. The number of nitrogens with zero attached hydrogens (tertiary/aromatic N) is 6. The molecule has 3 aromatic rings. The van der Waals surface area contributed by atoms with Crippen LogP contribution >= 0.6 is 0 Å². The van der Waals surface area contributed by atoms with Gasteiger partial charge in [0.15, 0.2) is 0 Å². The summed E-state index contributed by atoms with van der Waals surface area (Å²) in [6.07, 6.45) is -0.610. The summed E-state index contributed by atoms with van der Waals surface area (Å²) >= 11 is 0. The molecule has 0 saturated heterocycles. The summed E-state index contributed by atoms with van der Waals surface area (Å²) in [5.74, 6) is -0.344. The molecule has 4 rings (SSSR count). The van der Waals surface area contributed by atoms with Crippen molar-refractivity contribution in [1.29, 1.82) is 0 Å². The van der Waals surface area contributed by atoms with Crippen molar-refractivity contribution in [2.24, 2.45) is 7.05 Å². The van der Waals surface area contributed by atoms with Gasteiger partial charge in [-0.05, 0) is 25.0 Å². The highest BCUT2D eigenvalue weighted by Crippen LogP contribution is 2.32. The number of rotatable bonds is 4. The summed E-state index contributed by atoms with van der Waals surface area (Å²) in [6.45, 7) is 0. The van der Waals surface area contributed by atoms with E-state index in [2.05, 4.69) is 25.5 Å². The van der Waals surface area contributed by atoms with Crippen LogP contribution in [0.2, 0.25) is 0 Å². The molecule has 0 spiro atoms. The van der Waals surface area contributed by atoms with Gasteiger partial charge in [0.25, 0.3) is 5.91 Å². The number of amides is 1. The van der Waals surface area contributed by atoms with Gasteiger partial charge in [-0.3, -0.25) is 9.78 Å². The zero-order valence-electron chi connectivity index (χ0n) is 15.4. The first-order valence-electron chi connectivity index (χ1n) is 8.64. The molecule has 0 aromatic carbocycles. The van der Waals surface area contributed by atoms with Crippen LogP contribution in [0.3, 0.4) is 0 Å². The third kappa shape index (κ3) is 3.52. The molecule has 12 heteroatoms. The van der Waals surface area contributed by atoms with Crippen LogP contribution in [0.1, 0.15) is 40.0 Å². The van der Waals surface area contributed by atoms with Crippen LogP contribution in [0.5, 0.6) is 6.01 Å². The van der Waals surface area contributed by atoms with Crippen LogP contribution in [0.25, 0.3) is 5.69 Å². The number of carbonyl (C=O) groups excluding carboxylic acids is 1. The molecule has 152 valence electrons. The number of hydrogen-bond acceptors (Lipinski definition) is 6. The van der Waals surface area contributed by atoms with E-state index in [1.54, 1.807) is 13.2 Å². The first-order chi connectivity index (χ1) is 13.8. The van der Waals surface area contributed by atoms with E-state index in [4.69, 9.17) is 4.74 Å². The summed E-state index contributed by atoms with van der Waals surface area (Å²) in [7, 11) is 2.97. The van der Waals surface area contributed by atoms with E-state index < -0.39 is 17.8 Å². The first-order valence-corrected chi connectivity index (χ1v) is 8.64. The number of pyridine rings is 1. The van der Waals surface area contributed by atoms with Crippen LogP contribution in [-0.2, 0) is 19.6 Å². The Balaban J connectivity index is 1.56. The van der Waals surface area contributed by atoms with Crippen LogP contribution in [0.4, 0.5) is 13.2 Å². The fraction of sp³-hybridized carbons (Fsp3) is 0.353. The summed E-state index contributed by atoms with van der Waals surface area (Å²) in [4.78, 5) is 19.9. The second-order valence-corrected chi connectivity index (χ2v) is 6.48. The number of methoxy groups -OCH3 is 1. The maximum Gasteiger partial charge on any atom is 0.433 e. The molecule has 0 radical (unpaired) electrons. The number of aromatic nitrogens is 6. The lowest BCUT2D eigenvalue weighted by Gasteiger charge is -2.12. The Morgan fingerprint density at radius 1 is 1.34 bits per heavy atom. The lowest BCUT2D eigenvalue weighted by atomic mass is 10.2. The molecule has 0 unspecified atom stereocenters. The minimum absolute atomic E-state index is 0.0794. The van der Waals surface area contributed by atoms with Crippen molar-refractivity contribution < 1.29 is 22.7 Å². The average molecular weight is 407 g/mol. The van der Waals surface area contributed by atoms with Gasteiger partial charge in [0.2, 0.25) is 5.82 Å². The van der Waals surface area contributed by atoms with Gasteiger partial charge in [0.1, 0.15) is 5.69 Å². The molecule has 9 nitrogen and oxygen atoms in total. The van der Waals surface area contributed by atoms with Crippen LogP contribution in [0, 0.1) is 0 Å². The van der Waals surface area contributed by atoms with E-state index in [-0.39, 0.29) is 23.6 Å². The van der Waals surface area contributed by atoms with Crippen molar-refractivity contribution in [2.45, 2.75) is 25.1 Å². The number of nitrogens with one attached hydrogen (secondary N) is 1. The number of aryl methyl sites for hydroxylation is 2. The predicted octanol–water partition coefficient (Wildman–Crippen LogP) is 1.84. The SMILES string of the molecule is COc1nc(C(=O)N[C@H]2CCc3nn(-c4ccnc(C(F)(F)F)c4)cc32)n(C)n1. The van der Waals surface area contributed by atoms with Crippen molar-refractivity contribution >= 4 is 5.91 Å². The standard InChI is InChI=1S/C17H16F3N7O2/c1-26-14(23-16(25-26)29-2)15(28)22-11-3-4-12-10(11)8-27(24-12)9-5-6-21-13(7-9)17(18,19)20/h5-8,11H,3-4H2,1-2H3,(H,22,28)/t11-/m0/s1. The van der Waals surface area contributed by atoms with Gasteiger partial charge < -0.3 is 10.1 Å². The summed E-state index contributed by atoms with van der Waals surface area (Å²) in [6, 6.07) is 2.12. The van der Waals surface area contributed by atoms with Crippen molar-refractivity contribution in [3.63, 3.8) is 0 Å². The van der Waals surface area contributed by atoms with E-state index in [1.165, 1.54) is 22.5 Å². The smallest absolute Gasteiger partial charge is 0.433 e. The van der Waals surface area contributed by atoms with Crippen LogP contribution in [0.15, 0.2) is 24.5 Å². The Morgan fingerprint density at radius 2 is 2.14 bits per heavy atom. The van der Waals surface area contributed by atoms with Crippen molar-refractivity contribution in [2.75, 3.05) is 7.11 Å². The van der Waals surface area contributed by atoms with Gasteiger partial charge in [0, 0.05) is 25.0 Å². The molecule has 3 aromatic heterocycles. The minimum Gasteiger partial charge on any atom is -0.466 e. The minimum atomic E-state index is -4.54.